The smallest absolute Gasteiger partial charge is 0.306 e. The number of carbonyl (C=O) groups is 3. The number of hydrogen-bond acceptors (Lipinski definition) is 7. The average Bonchev–Trinajstić information content (AvgIpc) is 3.32. The van der Waals surface area contributed by atoms with Crippen molar-refractivity contribution in [2.24, 2.45) is 5.92 Å². The van der Waals surface area contributed by atoms with Gasteiger partial charge in [0.1, 0.15) is 0 Å². The van der Waals surface area contributed by atoms with Gasteiger partial charge >= 0.3 is 5.97 Å². The van der Waals surface area contributed by atoms with Crippen molar-refractivity contribution < 1.29 is 28.6 Å². The van der Waals surface area contributed by atoms with Crippen LogP contribution < -0.4 is 0 Å². The Labute approximate surface area is 243 Å². The lowest BCUT2D eigenvalue weighted by molar-refractivity contribution is -0.150. The number of esters is 1. The monoisotopic (exact) mass is 562 g/mol. The number of carbonyl (C=O) groups excluding carboxylic acids is 3. The van der Waals surface area contributed by atoms with Crippen molar-refractivity contribution in [1.82, 2.24) is 9.80 Å². The van der Waals surface area contributed by atoms with Crippen LogP contribution in [0.1, 0.15) is 37.7 Å². The Bertz CT molecular complexity index is 1160. The zero-order valence-corrected chi connectivity index (χ0v) is 24.2. The molecule has 1 aliphatic carbocycles. The Hall–Kier alpha value is -3.33. The highest BCUT2D eigenvalue weighted by atomic mass is 16.5. The maximum Gasteiger partial charge on any atom is 0.306 e. The first-order valence-electron chi connectivity index (χ1n) is 14.5. The lowest BCUT2D eigenvalue weighted by Crippen LogP contribution is -2.49. The molecule has 2 aromatic rings. The van der Waals surface area contributed by atoms with Gasteiger partial charge in [0.05, 0.1) is 32.0 Å². The van der Waals surface area contributed by atoms with Gasteiger partial charge in [-0.05, 0) is 36.0 Å². The van der Waals surface area contributed by atoms with Crippen molar-refractivity contribution in [2.45, 2.75) is 50.9 Å². The van der Waals surface area contributed by atoms with Crippen molar-refractivity contribution in [2.75, 3.05) is 47.0 Å². The van der Waals surface area contributed by atoms with Crippen LogP contribution in [0.4, 0.5) is 0 Å². The van der Waals surface area contributed by atoms with Crippen molar-refractivity contribution in [3.05, 3.63) is 72.3 Å². The van der Waals surface area contributed by atoms with Gasteiger partial charge in [0, 0.05) is 45.9 Å². The van der Waals surface area contributed by atoms with Crippen LogP contribution in [0.25, 0.3) is 11.1 Å². The minimum atomic E-state index is -0.385. The van der Waals surface area contributed by atoms with Crippen LogP contribution in [0.5, 0.6) is 0 Å². The van der Waals surface area contributed by atoms with Crippen LogP contribution in [0.15, 0.2) is 66.7 Å². The SMILES string of the molecule is CN(C)C(=O)COC(=O)CC/C=C\CC[C@H]1[C@@H](OCc2ccc(-c3ccccc3)cc2)CC(=O)[C@@H]1N1CCOCC1. The molecule has 0 aromatic heterocycles. The second-order valence-corrected chi connectivity index (χ2v) is 10.9. The van der Waals surface area contributed by atoms with Gasteiger partial charge in [0.25, 0.3) is 5.91 Å². The van der Waals surface area contributed by atoms with Crippen molar-refractivity contribution >= 4 is 17.7 Å². The molecule has 220 valence electrons. The first-order chi connectivity index (χ1) is 19.9. The molecule has 0 bridgehead atoms. The Kier molecular flexibility index (Phi) is 11.7. The molecule has 2 fully saturated rings. The molecular formula is C33H42N2O6. The molecule has 0 spiro atoms. The number of likely N-dealkylation sites (N-methyl/N-ethyl adjacent to an activating group) is 1. The van der Waals surface area contributed by atoms with Gasteiger partial charge in [-0.2, -0.15) is 0 Å². The van der Waals surface area contributed by atoms with Crippen LogP contribution in [0.2, 0.25) is 0 Å². The summed E-state index contributed by atoms with van der Waals surface area (Å²) >= 11 is 0. The number of rotatable bonds is 13. The summed E-state index contributed by atoms with van der Waals surface area (Å²) in [4.78, 5) is 40.3. The van der Waals surface area contributed by atoms with Gasteiger partial charge in [-0.15, -0.1) is 0 Å². The summed E-state index contributed by atoms with van der Waals surface area (Å²) in [5, 5.41) is 0. The Morgan fingerprint density at radius 1 is 0.976 bits per heavy atom. The van der Waals surface area contributed by atoms with Crippen LogP contribution >= 0.6 is 0 Å². The lowest BCUT2D eigenvalue weighted by atomic mass is 9.93. The zero-order valence-electron chi connectivity index (χ0n) is 24.2. The molecule has 1 aliphatic heterocycles. The number of benzene rings is 2. The third-order valence-electron chi connectivity index (χ3n) is 7.78. The van der Waals surface area contributed by atoms with Crippen LogP contribution in [0.3, 0.4) is 0 Å². The van der Waals surface area contributed by atoms with E-state index >= 15 is 0 Å². The number of ketones is 1. The van der Waals surface area contributed by atoms with E-state index in [9.17, 15) is 14.4 Å². The largest absolute Gasteiger partial charge is 0.456 e. The van der Waals surface area contributed by atoms with Crippen molar-refractivity contribution in [3.8, 4) is 11.1 Å². The summed E-state index contributed by atoms with van der Waals surface area (Å²) in [5.74, 6) is -0.282. The van der Waals surface area contributed by atoms with Gasteiger partial charge in [-0.1, -0.05) is 66.7 Å². The second-order valence-electron chi connectivity index (χ2n) is 10.9. The molecule has 3 atom stereocenters. The highest BCUT2D eigenvalue weighted by Gasteiger charge is 2.45. The van der Waals surface area contributed by atoms with Crippen molar-refractivity contribution in [3.63, 3.8) is 0 Å². The molecule has 2 aliphatic rings. The third-order valence-corrected chi connectivity index (χ3v) is 7.78. The number of Topliss-reactive ketones (excluding diaryl/α,β-unsaturated/α-hetero) is 1. The molecule has 0 N–H and O–H groups in total. The molecule has 4 rings (SSSR count). The van der Waals surface area contributed by atoms with E-state index in [1.165, 1.54) is 10.5 Å². The summed E-state index contributed by atoms with van der Waals surface area (Å²) in [6.07, 6.45) is 6.71. The first kappa shape index (κ1) is 30.6. The summed E-state index contributed by atoms with van der Waals surface area (Å²) in [5.41, 5.74) is 3.43. The number of amides is 1. The molecular weight excluding hydrogens is 520 g/mol. The predicted octanol–water partition coefficient (Wildman–Crippen LogP) is 4.28. The topological polar surface area (TPSA) is 85.4 Å². The molecule has 1 saturated carbocycles. The Morgan fingerprint density at radius 2 is 1.66 bits per heavy atom. The van der Waals surface area contributed by atoms with E-state index in [1.54, 1.807) is 14.1 Å². The number of allylic oxidation sites excluding steroid dienone is 2. The fraction of sp³-hybridized carbons (Fsp3) is 0.485. The fourth-order valence-electron chi connectivity index (χ4n) is 5.47. The second kappa shape index (κ2) is 15.6. The molecule has 0 unspecified atom stereocenters. The molecule has 0 radical (unpaired) electrons. The minimum absolute atomic E-state index is 0.0934. The van der Waals surface area contributed by atoms with E-state index in [1.807, 2.05) is 24.3 Å². The summed E-state index contributed by atoms with van der Waals surface area (Å²) in [6.45, 7) is 3.04. The molecule has 1 saturated heterocycles. The normalized spacial score (nSPS) is 21.3. The Morgan fingerprint density at radius 3 is 2.37 bits per heavy atom. The highest BCUT2D eigenvalue weighted by molar-refractivity contribution is 5.87. The zero-order chi connectivity index (χ0) is 29.0. The molecule has 8 nitrogen and oxygen atoms in total. The molecule has 1 heterocycles. The van der Waals surface area contributed by atoms with Gasteiger partial charge in [0.2, 0.25) is 0 Å². The number of morpholine rings is 1. The standard InChI is InChI=1S/C33H42N2O6/c1-34(2)31(37)24-41-32(38)13-9-4-3-8-12-28-30(22-29(36)33(28)35-18-20-39-21-19-35)40-23-25-14-16-27(17-15-25)26-10-6-5-7-11-26/h3-7,10-11,14-17,28,30,33H,8-9,12-13,18-24H2,1-2H3/b4-3-/t28-,30-,33+/m0/s1. The summed E-state index contributed by atoms with van der Waals surface area (Å²) < 4.78 is 17.0. The maximum atomic E-state index is 13.2. The quantitative estimate of drug-likeness (QED) is 0.266. The molecule has 41 heavy (non-hydrogen) atoms. The molecule has 2 aromatic carbocycles. The molecule has 8 heteroatoms. The maximum absolute atomic E-state index is 13.2. The van der Waals surface area contributed by atoms with E-state index in [-0.39, 0.29) is 48.8 Å². The summed E-state index contributed by atoms with van der Waals surface area (Å²) in [6, 6.07) is 18.5. The number of ether oxygens (including phenoxy) is 3. The third kappa shape index (κ3) is 9.08. The molecule has 1 amide bonds. The van der Waals surface area contributed by atoms with E-state index in [4.69, 9.17) is 14.2 Å². The van der Waals surface area contributed by atoms with Gasteiger partial charge in [-0.25, -0.2) is 0 Å². The van der Waals surface area contributed by atoms with E-state index in [0.29, 0.717) is 32.7 Å². The van der Waals surface area contributed by atoms with Crippen LogP contribution in [0, 0.1) is 5.92 Å². The van der Waals surface area contributed by atoms with E-state index in [2.05, 4.69) is 47.4 Å². The van der Waals surface area contributed by atoms with Gasteiger partial charge in [-0.3, -0.25) is 19.3 Å². The van der Waals surface area contributed by atoms with Crippen LogP contribution in [-0.2, 0) is 35.2 Å². The Balaban J connectivity index is 1.30. The fourth-order valence-corrected chi connectivity index (χ4v) is 5.47. The van der Waals surface area contributed by atoms with Crippen molar-refractivity contribution in [1.29, 1.82) is 0 Å². The van der Waals surface area contributed by atoms with Gasteiger partial charge in [0.15, 0.2) is 12.4 Å². The summed E-state index contributed by atoms with van der Waals surface area (Å²) in [7, 11) is 3.25. The average molecular weight is 563 g/mol. The van der Waals surface area contributed by atoms with Crippen LogP contribution in [-0.4, -0.2) is 86.6 Å². The van der Waals surface area contributed by atoms with Gasteiger partial charge < -0.3 is 19.1 Å². The highest BCUT2D eigenvalue weighted by Crippen LogP contribution is 2.35. The number of nitrogens with zero attached hydrogens (tertiary/aromatic N) is 2. The number of hydrogen-bond donors (Lipinski definition) is 0. The van der Waals surface area contributed by atoms with E-state index < -0.39 is 0 Å². The lowest BCUT2D eigenvalue weighted by Gasteiger charge is -2.35. The van der Waals surface area contributed by atoms with E-state index in [0.717, 1.165) is 37.1 Å². The first-order valence-corrected chi connectivity index (χ1v) is 14.5. The minimum Gasteiger partial charge on any atom is -0.456 e. The predicted molar refractivity (Wildman–Crippen MR) is 157 cm³/mol.